The van der Waals surface area contributed by atoms with Crippen LogP contribution in [0.3, 0.4) is 0 Å². The molecule has 0 saturated carbocycles. The maximum Gasteiger partial charge on any atom is 0.290 e. The fourth-order valence-electron chi connectivity index (χ4n) is 1.94. The number of hydrogen-bond donors (Lipinski definition) is 0. The van der Waals surface area contributed by atoms with Gasteiger partial charge in [-0.2, -0.15) is 0 Å². The van der Waals surface area contributed by atoms with Crippen molar-refractivity contribution in [3.05, 3.63) is 81.9 Å². The minimum absolute atomic E-state index is 0.170. The Kier molecular flexibility index (Phi) is 4.96. The van der Waals surface area contributed by atoms with E-state index in [1.54, 1.807) is 12.1 Å². The predicted octanol–water partition coefficient (Wildman–Crippen LogP) is 4.54. The molecule has 4 heteroatoms. The second-order valence-corrected chi connectivity index (χ2v) is 5.37. The average molecular weight is 285 g/mol. The van der Waals surface area contributed by atoms with E-state index in [0.29, 0.717) is 10.5 Å². The quantitative estimate of drug-likeness (QED) is 0.460. The molecule has 0 N–H and O–H groups in total. The molecule has 102 valence electrons. The smallest absolute Gasteiger partial charge is 0.258 e. The van der Waals surface area contributed by atoms with Crippen LogP contribution in [-0.4, -0.2) is 10.7 Å². The van der Waals surface area contributed by atoms with E-state index in [9.17, 15) is 10.1 Å². The van der Waals surface area contributed by atoms with Crippen LogP contribution in [-0.2, 0) is 0 Å². The number of hydrogen-bond acceptors (Lipinski definition) is 3. The summed E-state index contributed by atoms with van der Waals surface area (Å²) >= 11 is 1.50. The molecule has 20 heavy (non-hydrogen) atoms. The van der Waals surface area contributed by atoms with Gasteiger partial charge in [0.15, 0.2) is 0 Å². The topological polar surface area (TPSA) is 43.1 Å². The Hall–Kier alpha value is -2.07. The molecule has 2 rings (SSSR count). The van der Waals surface area contributed by atoms with Crippen LogP contribution >= 0.6 is 11.8 Å². The van der Waals surface area contributed by atoms with Gasteiger partial charge >= 0.3 is 0 Å². The molecule has 3 nitrogen and oxygen atoms in total. The van der Waals surface area contributed by atoms with Crippen molar-refractivity contribution in [2.45, 2.75) is 6.92 Å². The first-order chi connectivity index (χ1) is 9.74. The molecule has 0 spiro atoms. The second-order valence-electron chi connectivity index (χ2n) is 4.10. The third-order valence-electron chi connectivity index (χ3n) is 2.77. The van der Waals surface area contributed by atoms with Crippen molar-refractivity contribution in [1.82, 2.24) is 0 Å². The van der Waals surface area contributed by atoms with Gasteiger partial charge in [-0.25, -0.2) is 0 Å². The van der Waals surface area contributed by atoms with Crippen LogP contribution in [0.4, 0.5) is 0 Å². The first kappa shape index (κ1) is 14.3. The lowest BCUT2D eigenvalue weighted by Crippen LogP contribution is -2.01. The summed E-state index contributed by atoms with van der Waals surface area (Å²) in [6, 6.07) is 18.6. The largest absolute Gasteiger partial charge is 0.290 e. The van der Waals surface area contributed by atoms with Crippen molar-refractivity contribution in [2.24, 2.45) is 0 Å². The summed E-state index contributed by atoms with van der Waals surface area (Å²) in [5.41, 5.74) is 1.69. The monoisotopic (exact) mass is 285 g/mol. The Morgan fingerprint density at radius 1 is 1.00 bits per heavy atom. The fourth-order valence-corrected chi connectivity index (χ4v) is 2.86. The van der Waals surface area contributed by atoms with Crippen molar-refractivity contribution < 1.29 is 4.92 Å². The Bertz CT molecular complexity index is 609. The SMILES string of the molecule is CCS/C(=C(/c1ccccc1)[N+](=O)[O-])c1ccccc1. The third kappa shape index (κ3) is 3.27. The molecule has 0 saturated heterocycles. The molecule has 0 radical (unpaired) electrons. The summed E-state index contributed by atoms with van der Waals surface area (Å²) in [7, 11) is 0. The van der Waals surface area contributed by atoms with E-state index in [4.69, 9.17) is 0 Å². The van der Waals surface area contributed by atoms with Gasteiger partial charge in [0, 0.05) is 0 Å². The zero-order valence-electron chi connectivity index (χ0n) is 11.2. The minimum atomic E-state index is -0.291. The van der Waals surface area contributed by atoms with Crippen LogP contribution in [0, 0.1) is 10.1 Å². The summed E-state index contributed by atoms with van der Waals surface area (Å²) in [6.45, 7) is 2.00. The minimum Gasteiger partial charge on any atom is -0.258 e. The van der Waals surface area contributed by atoms with E-state index in [2.05, 4.69) is 0 Å². The van der Waals surface area contributed by atoms with Gasteiger partial charge in [-0.3, -0.25) is 10.1 Å². The Balaban J connectivity index is 2.64. The summed E-state index contributed by atoms with van der Waals surface area (Å²) < 4.78 is 0. The first-order valence-corrected chi connectivity index (χ1v) is 7.35. The zero-order chi connectivity index (χ0) is 14.4. The molecule has 0 aliphatic rings. The second kappa shape index (κ2) is 6.91. The van der Waals surface area contributed by atoms with Crippen molar-refractivity contribution >= 4 is 22.4 Å². The molecule has 2 aromatic carbocycles. The van der Waals surface area contributed by atoms with E-state index in [1.807, 2.05) is 55.5 Å². The van der Waals surface area contributed by atoms with E-state index in [1.165, 1.54) is 11.8 Å². The summed E-state index contributed by atoms with van der Waals surface area (Å²) in [6.07, 6.45) is 0. The predicted molar refractivity (Wildman–Crippen MR) is 84.8 cm³/mol. The summed E-state index contributed by atoms with van der Waals surface area (Å²) in [5, 5.41) is 11.5. The zero-order valence-corrected chi connectivity index (χ0v) is 12.0. The van der Waals surface area contributed by atoms with E-state index in [0.717, 1.165) is 11.3 Å². The lowest BCUT2D eigenvalue weighted by molar-refractivity contribution is -0.374. The van der Waals surface area contributed by atoms with E-state index in [-0.39, 0.29) is 10.6 Å². The van der Waals surface area contributed by atoms with Gasteiger partial charge in [0.2, 0.25) is 0 Å². The van der Waals surface area contributed by atoms with Crippen molar-refractivity contribution in [3.8, 4) is 0 Å². The molecule has 0 heterocycles. The number of benzene rings is 2. The molecule has 0 unspecified atom stereocenters. The molecule has 0 bridgehead atoms. The van der Waals surface area contributed by atoms with Gasteiger partial charge in [0.1, 0.15) is 0 Å². The van der Waals surface area contributed by atoms with E-state index < -0.39 is 0 Å². The molecule has 2 aromatic rings. The lowest BCUT2D eigenvalue weighted by atomic mass is 10.1. The molecule has 0 amide bonds. The van der Waals surface area contributed by atoms with Crippen LogP contribution in [0.1, 0.15) is 18.1 Å². The molecular weight excluding hydrogens is 270 g/mol. The highest BCUT2D eigenvalue weighted by Crippen LogP contribution is 2.35. The first-order valence-electron chi connectivity index (χ1n) is 6.36. The van der Waals surface area contributed by atoms with Crippen LogP contribution in [0.15, 0.2) is 60.7 Å². The van der Waals surface area contributed by atoms with Gasteiger partial charge in [-0.05, 0) is 23.4 Å². The van der Waals surface area contributed by atoms with Crippen molar-refractivity contribution in [2.75, 3.05) is 5.75 Å². The molecular formula is C16H15NO2S. The lowest BCUT2D eigenvalue weighted by Gasteiger charge is -2.08. The standard InChI is InChI=1S/C16H15NO2S/c1-2-20-16(14-11-7-4-8-12-14)15(17(18)19)13-9-5-3-6-10-13/h3-12H,2H2,1H3/b16-15-. The van der Waals surface area contributed by atoms with Gasteiger partial charge in [-0.15, -0.1) is 11.8 Å². The normalized spacial score (nSPS) is 11.8. The van der Waals surface area contributed by atoms with Gasteiger partial charge in [0.25, 0.3) is 5.70 Å². The Labute approximate surface area is 122 Å². The summed E-state index contributed by atoms with van der Waals surface area (Å²) in [5.74, 6) is 0.786. The van der Waals surface area contributed by atoms with Gasteiger partial charge < -0.3 is 0 Å². The van der Waals surface area contributed by atoms with Crippen LogP contribution in [0.25, 0.3) is 10.6 Å². The fraction of sp³-hybridized carbons (Fsp3) is 0.125. The van der Waals surface area contributed by atoms with Gasteiger partial charge in [-0.1, -0.05) is 55.5 Å². The van der Waals surface area contributed by atoms with Crippen LogP contribution in [0.2, 0.25) is 0 Å². The maximum atomic E-state index is 11.5. The Morgan fingerprint density at radius 2 is 1.50 bits per heavy atom. The number of nitrogens with zero attached hydrogens (tertiary/aromatic N) is 1. The van der Waals surface area contributed by atoms with Gasteiger partial charge in [0.05, 0.1) is 15.4 Å². The molecule has 0 aromatic heterocycles. The maximum absolute atomic E-state index is 11.5. The van der Waals surface area contributed by atoms with E-state index >= 15 is 0 Å². The average Bonchev–Trinajstić information content (AvgIpc) is 2.48. The van der Waals surface area contributed by atoms with Crippen molar-refractivity contribution in [1.29, 1.82) is 0 Å². The number of nitro groups is 1. The molecule has 0 atom stereocenters. The number of rotatable bonds is 5. The van der Waals surface area contributed by atoms with Crippen LogP contribution in [0.5, 0.6) is 0 Å². The number of thioether (sulfide) groups is 1. The Morgan fingerprint density at radius 3 is 1.95 bits per heavy atom. The highest BCUT2D eigenvalue weighted by molar-refractivity contribution is 8.08. The molecule has 0 aliphatic heterocycles. The van der Waals surface area contributed by atoms with Crippen molar-refractivity contribution in [3.63, 3.8) is 0 Å². The highest BCUT2D eigenvalue weighted by atomic mass is 32.2. The molecule has 0 aliphatic carbocycles. The summed E-state index contributed by atoms with van der Waals surface area (Å²) in [4.78, 5) is 11.9. The van der Waals surface area contributed by atoms with Crippen LogP contribution < -0.4 is 0 Å². The molecule has 0 fully saturated rings. The third-order valence-corrected chi connectivity index (χ3v) is 3.78. The highest BCUT2D eigenvalue weighted by Gasteiger charge is 2.22.